The number of aryl methyl sites for hydroxylation is 1. The van der Waals surface area contributed by atoms with Crippen LogP contribution in [0.3, 0.4) is 0 Å². The molecule has 3 rings (SSSR count). The second kappa shape index (κ2) is 14.6. The number of anilines is 1. The molecule has 4 heteroatoms. The van der Waals surface area contributed by atoms with Crippen molar-refractivity contribution in [1.29, 1.82) is 0 Å². The molecule has 0 heterocycles. The lowest BCUT2D eigenvalue weighted by Crippen LogP contribution is -2.29. The van der Waals surface area contributed by atoms with E-state index in [1.807, 2.05) is 37.4 Å². The minimum absolute atomic E-state index is 0. The Morgan fingerprint density at radius 2 is 1.62 bits per heavy atom. The third-order valence-corrected chi connectivity index (χ3v) is 5.15. The van der Waals surface area contributed by atoms with Gasteiger partial charge in [0.15, 0.2) is 0 Å². The zero-order chi connectivity index (χ0) is 20.9. The van der Waals surface area contributed by atoms with Gasteiger partial charge in [-0.3, -0.25) is 0 Å². The summed E-state index contributed by atoms with van der Waals surface area (Å²) in [4.78, 5) is 2.36. The molecule has 4 nitrogen and oxygen atoms in total. The van der Waals surface area contributed by atoms with Crippen molar-refractivity contribution in [3.63, 3.8) is 0 Å². The van der Waals surface area contributed by atoms with Gasteiger partial charge in [0.05, 0.1) is 0 Å². The van der Waals surface area contributed by atoms with Crippen LogP contribution in [0.15, 0.2) is 59.8 Å². The van der Waals surface area contributed by atoms with Crippen LogP contribution in [-0.4, -0.2) is 37.8 Å². The Balaban J connectivity index is 0.000000399. The number of nitrogens with one attached hydrogen (secondary N) is 1. The lowest BCUT2D eigenvalue weighted by molar-refractivity contribution is 0.249. The molecule has 0 radical (unpaired) electrons. The molecule has 29 heavy (non-hydrogen) atoms. The largest absolute Gasteiger partial charge is 0.792 e. The maximum atomic E-state index is 10.0. The van der Waals surface area contributed by atoms with Gasteiger partial charge in [0.2, 0.25) is 0 Å². The van der Waals surface area contributed by atoms with Gasteiger partial charge in [0, 0.05) is 24.5 Å². The topological polar surface area (TPSA) is 50.7 Å². The van der Waals surface area contributed by atoms with Crippen molar-refractivity contribution in [3.05, 3.63) is 70.9 Å². The van der Waals surface area contributed by atoms with Crippen molar-refractivity contribution in [2.75, 3.05) is 26.5 Å². The number of hydrogen-bond acceptors (Lipinski definition) is 4. The van der Waals surface area contributed by atoms with Gasteiger partial charge in [-0.1, -0.05) is 68.8 Å². The van der Waals surface area contributed by atoms with E-state index < -0.39 is 0 Å². The van der Waals surface area contributed by atoms with E-state index in [0.29, 0.717) is 5.71 Å². The molecule has 162 valence electrons. The first-order valence-electron chi connectivity index (χ1n) is 10.0. The van der Waals surface area contributed by atoms with Crippen molar-refractivity contribution in [3.8, 4) is 0 Å². The van der Waals surface area contributed by atoms with Crippen LogP contribution in [0.4, 0.5) is 5.69 Å². The van der Waals surface area contributed by atoms with Gasteiger partial charge < -0.3 is 20.6 Å². The summed E-state index contributed by atoms with van der Waals surface area (Å²) >= 11 is 0. The van der Waals surface area contributed by atoms with Gasteiger partial charge in [-0.2, -0.15) is 0 Å². The van der Waals surface area contributed by atoms with Crippen LogP contribution in [0.1, 0.15) is 51.7 Å². The van der Waals surface area contributed by atoms with Crippen LogP contribution in [0.5, 0.6) is 0 Å². The van der Waals surface area contributed by atoms with Crippen molar-refractivity contribution in [2.24, 2.45) is 11.1 Å². The molecule has 0 amide bonds. The fraction of sp³-hybridized carbons (Fsp3) is 0.480. The number of rotatable bonds is 3. The highest BCUT2D eigenvalue weighted by molar-refractivity contribution is 5.98. The molecule has 2 aromatic carbocycles. The molecular weight excluding hydrogens is 358 g/mol. The van der Waals surface area contributed by atoms with Crippen LogP contribution in [0, 0.1) is 18.0 Å². The fourth-order valence-corrected chi connectivity index (χ4v) is 3.35. The van der Waals surface area contributed by atoms with E-state index in [4.69, 9.17) is 0 Å². The van der Waals surface area contributed by atoms with Crippen molar-refractivity contribution < 1.29 is 0 Å². The highest BCUT2D eigenvalue weighted by Crippen LogP contribution is 2.27. The monoisotopic (exact) mass is 398 g/mol. The smallest absolute Gasteiger partial charge is 0.0337 e. The van der Waals surface area contributed by atoms with E-state index in [1.54, 1.807) is 6.92 Å². The van der Waals surface area contributed by atoms with Gasteiger partial charge in [-0.15, -0.1) is 0 Å². The Bertz CT molecular complexity index is 681. The first-order valence-corrected chi connectivity index (χ1v) is 10.0. The van der Waals surface area contributed by atoms with Crippen molar-refractivity contribution in [2.45, 2.75) is 53.5 Å². The van der Waals surface area contributed by atoms with Crippen LogP contribution in [-0.2, 0) is 0 Å². The van der Waals surface area contributed by atoms with Crippen molar-refractivity contribution in [1.82, 2.24) is 4.90 Å². The molecule has 2 aromatic rings. The second-order valence-corrected chi connectivity index (χ2v) is 7.60. The number of benzene rings is 2. The Kier molecular flexibility index (Phi) is 13.5. The highest BCUT2D eigenvalue weighted by atomic mass is 16.4. The fourth-order valence-electron chi connectivity index (χ4n) is 3.35. The summed E-state index contributed by atoms with van der Waals surface area (Å²) in [6.07, 6.45) is 4.28. The molecule has 1 saturated carbocycles. The minimum atomic E-state index is 0. The Labute approximate surface area is 178 Å². The van der Waals surface area contributed by atoms with Crippen LogP contribution in [0.2, 0.25) is 0 Å². The molecule has 0 bridgehead atoms. The summed E-state index contributed by atoms with van der Waals surface area (Å²) < 4.78 is 0. The average molecular weight is 399 g/mol. The first-order chi connectivity index (χ1) is 13.4. The SMILES string of the molecule is C.C/C(=N\[O-])c1ccccc1.CNc1ccc(C)cc1.C[C@H]1CCC[C@H]1N(C)C. The number of nitrogens with zero attached hydrogens (tertiary/aromatic N) is 2. The molecule has 0 saturated heterocycles. The van der Waals surface area contributed by atoms with Crippen molar-refractivity contribution >= 4 is 11.4 Å². The Hall–Kier alpha value is -2.33. The zero-order valence-corrected chi connectivity index (χ0v) is 18.3. The Morgan fingerprint density at radius 3 is 2.00 bits per heavy atom. The maximum absolute atomic E-state index is 10.0. The first kappa shape index (κ1) is 26.7. The molecule has 0 aromatic heterocycles. The van der Waals surface area contributed by atoms with E-state index in [-0.39, 0.29) is 7.43 Å². The summed E-state index contributed by atoms with van der Waals surface area (Å²) in [5.41, 5.74) is 3.88. The molecule has 0 aliphatic heterocycles. The molecule has 2 atom stereocenters. The van der Waals surface area contributed by atoms with Crippen LogP contribution >= 0.6 is 0 Å². The maximum Gasteiger partial charge on any atom is 0.0337 e. The van der Waals surface area contributed by atoms with Gasteiger partial charge in [-0.05, 0) is 64.4 Å². The molecule has 1 N–H and O–H groups in total. The molecule has 1 aliphatic rings. The van der Waals surface area contributed by atoms with E-state index in [9.17, 15) is 5.21 Å². The van der Waals surface area contributed by atoms with Gasteiger partial charge >= 0.3 is 0 Å². The van der Waals surface area contributed by atoms with E-state index >= 15 is 0 Å². The van der Waals surface area contributed by atoms with E-state index in [0.717, 1.165) is 17.5 Å². The lowest BCUT2D eigenvalue weighted by atomic mass is 10.1. The molecule has 0 spiro atoms. The van der Waals surface area contributed by atoms with E-state index in [1.165, 1.54) is 30.5 Å². The second-order valence-electron chi connectivity index (χ2n) is 7.60. The summed E-state index contributed by atoms with van der Waals surface area (Å²) in [6.45, 7) is 6.14. The molecule has 1 fully saturated rings. The number of hydrogen-bond donors (Lipinski definition) is 1. The Morgan fingerprint density at radius 1 is 1.03 bits per heavy atom. The van der Waals surface area contributed by atoms with Gasteiger partial charge in [-0.25, -0.2) is 0 Å². The predicted molar refractivity (Wildman–Crippen MR) is 130 cm³/mol. The zero-order valence-electron chi connectivity index (χ0n) is 18.3. The molecule has 0 unspecified atom stereocenters. The quantitative estimate of drug-likeness (QED) is 0.480. The molecular formula is C25H40N3O-. The summed E-state index contributed by atoms with van der Waals surface area (Å²) in [7, 11) is 6.30. The van der Waals surface area contributed by atoms with Gasteiger partial charge in [0.25, 0.3) is 0 Å². The van der Waals surface area contributed by atoms with Crippen LogP contribution in [0.25, 0.3) is 0 Å². The van der Waals surface area contributed by atoms with Crippen LogP contribution < -0.4 is 5.32 Å². The third kappa shape index (κ3) is 10.1. The summed E-state index contributed by atoms with van der Waals surface area (Å²) in [5, 5.41) is 15.9. The molecule has 1 aliphatic carbocycles. The minimum Gasteiger partial charge on any atom is -0.792 e. The normalized spacial score (nSPS) is 18.0. The third-order valence-electron chi connectivity index (χ3n) is 5.15. The summed E-state index contributed by atoms with van der Waals surface area (Å²) in [6, 6.07) is 18.6. The lowest BCUT2D eigenvalue weighted by Gasteiger charge is -2.22. The highest BCUT2D eigenvalue weighted by Gasteiger charge is 2.24. The average Bonchev–Trinajstić information content (AvgIpc) is 3.16. The van der Waals surface area contributed by atoms with Gasteiger partial charge in [0.1, 0.15) is 0 Å². The predicted octanol–water partition coefficient (Wildman–Crippen LogP) is 6.40. The standard InChI is InChI=1S/C8H9NO.C8H17N.C8H11N.CH4/c1-7(9-10)8-5-3-2-4-6-8;1-7-5-4-6-8(7)9(2)3;1-7-3-5-8(9-2)6-4-7;/h2-6,10H,1H3;7-8H,4-6H2,1-3H3;3-6,9H,1-2H3;1H4/p-1/b9-7+;;;/t;7-,8+;;/m.0../s1. The van der Waals surface area contributed by atoms with E-state index in [2.05, 4.69) is 67.6 Å². The summed E-state index contributed by atoms with van der Waals surface area (Å²) in [5.74, 6) is 0.931.